The molecule has 0 amide bonds. The summed E-state index contributed by atoms with van der Waals surface area (Å²) in [6.07, 6.45) is 17.9. The first kappa shape index (κ1) is 29.6. The van der Waals surface area contributed by atoms with Crippen molar-refractivity contribution in [3.05, 3.63) is 215 Å². The van der Waals surface area contributed by atoms with E-state index in [1.807, 2.05) is 0 Å². The number of hydrogen-bond donors (Lipinski definition) is 0. The van der Waals surface area contributed by atoms with E-state index < -0.39 is 0 Å². The van der Waals surface area contributed by atoms with E-state index >= 15 is 0 Å². The van der Waals surface area contributed by atoms with Crippen LogP contribution in [-0.4, -0.2) is 12.2 Å². The van der Waals surface area contributed by atoms with Gasteiger partial charge in [0.15, 0.2) is 23.7 Å². The minimum absolute atomic E-state index is 0.204. The Morgan fingerprint density at radius 1 is 0.558 bits per heavy atom. The number of ether oxygens (including phenoxy) is 2. The number of nitrogens with zero attached hydrogens (tertiary/aromatic N) is 1. The molecule has 250 valence electrons. The zero-order chi connectivity index (χ0) is 34.2. The minimum Gasteiger partial charge on any atom is -0.479 e. The van der Waals surface area contributed by atoms with Crippen LogP contribution in [0.5, 0.6) is 0 Å². The topological polar surface area (TPSA) is 21.7 Å². The van der Waals surface area contributed by atoms with Gasteiger partial charge in [-0.2, -0.15) is 0 Å². The van der Waals surface area contributed by atoms with Gasteiger partial charge in [0.05, 0.1) is 5.41 Å². The summed E-state index contributed by atoms with van der Waals surface area (Å²) in [5.74, 6) is 2.18. The van der Waals surface area contributed by atoms with E-state index in [0.717, 1.165) is 41.4 Å². The molecule has 52 heavy (non-hydrogen) atoms. The summed E-state index contributed by atoms with van der Waals surface area (Å²) < 4.78 is 13.9. The number of fused-ring (bicyclic) bond motifs is 11. The molecule has 6 aliphatic rings. The number of allylic oxidation sites excluding steroid dienone is 7. The molecule has 0 bridgehead atoms. The van der Waals surface area contributed by atoms with Gasteiger partial charge < -0.3 is 14.4 Å². The predicted molar refractivity (Wildman–Crippen MR) is 209 cm³/mol. The van der Waals surface area contributed by atoms with Gasteiger partial charge in [0, 0.05) is 28.9 Å². The third-order valence-corrected chi connectivity index (χ3v) is 12.0. The fourth-order valence-corrected chi connectivity index (χ4v) is 9.84. The van der Waals surface area contributed by atoms with E-state index in [2.05, 4.69) is 181 Å². The van der Waals surface area contributed by atoms with Crippen molar-refractivity contribution in [2.45, 2.75) is 30.5 Å². The summed E-state index contributed by atoms with van der Waals surface area (Å²) in [6, 6.07) is 48.0. The summed E-state index contributed by atoms with van der Waals surface area (Å²) in [6.45, 7) is 0. The molecule has 4 unspecified atom stereocenters. The highest BCUT2D eigenvalue weighted by Gasteiger charge is 2.59. The number of para-hydroxylation sites is 1. The monoisotopic (exact) mass is 671 g/mol. The van der Waals surface area contributed by atoms with Gasteiger partial charge >= 0.3 is 0 Å². The van der Waals surface area contributed by atoms with Crippen LogP contribution in [0.1, 0.15) is 24.0 Å². The fraction of sp³-hybridized carbons (Fsp3) is 0.143. The normalized spacial score (nSPS) is 23.8. The van der Waals surface area contributed by atoms with E-state index in [1.165, 1.54) is 39.0 Å². The molecule has 5 aromatic carbocycles. The lowest BCUT2D eigenvalue weighted by Crippen LogP contribution is -2.40. The maximum atomic E-state index is 6.97. The molecule has 11 rings (SSSR count). The van der Waals surface area contributed by atoms with Crippen LogP contribution >= 0.6 is 0 Å². The SMILES string of the molecule is C1=CC2=C(CC1)C1C=C3OC4C=C(N(c5ccccc5)c5ccc(-c6ccccc6)cc5)C=CC4OC3=CC1C21c2ccccc2-c2ccccc21. The van der Waals surface area contributed by atoms with Gasteiger partial charge in [-0.15, -0.1) is 0 Å². The maximum absolute atomic E-state index is 6.97. The zero-order valence-electron chi connectivity index (χ0n) is 28.7. The second-order valence-corrected chi connectivity index (χ2v) is 14.6. The minimum atomic E-state index is -0.252. The third-order valence-electron chi connectivity index (χ3n) is 12.0. The van der Waals surface area contributed by atoms with Crippen molar-refractivity contribution < 1.29 is 9.47 Å². The first-order valence-electron chi connectivity index (χ1n) is 18.5. The standard InChI is InChI=1S/C49H37NO2/c1-3-13-32(14-4-1)33-23-25-35(26-24-33)50(34-15-5-2-6-16-34)36-27-28-45-46(29-36)52-47-30-40-39-19-9-12-22-43(39)49(44(40)31-48(47)51-45)41-20-10-7-17-37(41)38-18-8-11-21-42(38)49/h1-8,10-18,20-31,40,44-46H,9,19H2. The van der Waals surface area contributed by atoms with E-state index in [-0.39, 0.29) is 29.5 Å². The number of hydrogen-bond acceptors (Lipinski definition) is 3. The van der Waals surface area contributed by atoms with Gasteiger partial charge in [-0.1, -0.05) is 127 Å². The van der Waals surface area contributed by atoms with Gasteiger partial charge in [-0.05, 0) is 106 Å². The molecule has 0 saturated carbocycles. The van der Waals surface area contributed by atoms with Gasteiger partial charge in [-0.3, -0.25) is 0 Å². The van der Waals surface area contributed by atoms with Crippen LogP contribution in [0.4, 0.5) is 11.4 Å². The molecule has 1 fully saturated rings. The molecule has 1 heterocycles. The van der Waals surface area contributed by atoms with Crippen LogP contribution in [0.2, 0.25) is 0 Å². The van der Waals surface area contributed by atoms with Crippen molar-refractivity contribution in [3.63, 3.8) is 0 Å². The zero-order valence-corrected chi connectivity index (χ0v) is 28.7. The van der Waals surface area contributed by atoms with Gasteiger partial charge in [-0.25, -0.2) is 0 Å². The van der Waals surface area contributed by atoms with Gasteiger partial charge in [0.2, 0.25) is 0 Å². The Balaban J connectivity index is 0.967. The Morgan fingerprint density at radius 2 is 1.17 bits per heavy atom. The lowest BCUT2D eigenvalue weighted by atomic mass is 9.64. The summed E-state index contributed by atoms with van der Waals surface area (Å²) in [4.78, 5) is 2.31. The smallest absolute Gasteiger partial charge is 0.160 e. The van der Waals surface area contributed by atoms with Crippen LogP contribution in [-0.2, 0) is 14.9 Å². The quantitative estimate of drug-likeness (QED) is 0.190. The van der Waals surface area contributed by atoms with E-state index in [0.29, 0.717) is 0 Å². The third kappa shape index (κ3) is 4.26. The molecule has 5 aliphatic carbocycles. The summed E-state index contributed by atoms with van der Waals surface area (Å²) in [5.41, 5.74) is 13.9. The Kier molecular flexibility index (Phi) is 6.55. The predicted octanol–water partition coefficient (Wildman–Crippen LogP) is 11.4. The molecule has 0 N–H and O–H groups in total. The highest BCUT2D eigenvalue weighted by atomic mass is 16.6. The van der Waals surface area contributed by atoms with Crippen molar-refractivity contribution in [3.8, 4) is 22.3 Å². The van der Waals surface area contributed by atoms with Gasteiger partial charge in [0.1, 0.15) is 0 Å². The number of benzene rings is 5. The fourth-order valence-electron chi connectivity index (χ4n) is 9.84. The van der Waals surface area contributed by atoms with Crippen molar-refractivity contribution in [1.29, 1.82) is 0 Å². The average molecular weight is 672 g/mol. The Labute approximate surface area is 304 Å². The Bertz CT molecular complexity index is 2380. The van der Waals surface area contributed by atoms with Crippen molar-refractivity contribution in [2.24, 2.45) is 11.8 Å². The van der Waals surface area contributed by atoms with Crippen LogP contribution in [0, 0.1) is 11.8 Å². The molecule has 1 aliphatic heterocycles. The summed E-state index contributed by atoms with van der Waals surface area (Å²) in [7, 11) is 0. The molecule has 3 nitrogen and oxygen atoms in total. The number of anilines is 2. The molecule has 3 heteroatoms. The van der Waals surface area contributed by atoms with Crippen LogP contribution < -0.4 is 4.90 Å². The second-order valence-electron chi connectivity index (χ2n) is 14.6. The largest absolute Gasteiger partial charge is 0.479 e. The average Bonchev–Trinajstić information content (AvgIpc) is 3.67. The number of rotatable bonds is 4. The molecule has 1 spiro atoms. The van der Waals surface area contributed by atoms with Crippen molar-refractivity contribution in [2.75, 3.05) is 4.90 Å². The lowest BCUT2D eigenvalue weighted by Gasteiger charge is -2.42. The Hall–Kier alpha value is -6.06. The molecular formula is C49H37NO2. The van der Waals surface area contributed by atoms with E-state index in [9.17, 15) is 0 Å². The maximum Gasteiger partial charge on any atom is 0.160 e. The highest BCUT2D eigenvalue weighted by molar-refractivity contribution is 5.86. The summed E-state index contributed by atoms with van der Waals surface area (Å²) in [5, 5.41) is 0. The first-order chi connectivity index (χ1) is 25.8. The van der Waals surface area contributed by atoms with Gasteiger partial charge in [0.25, 0.3) is 0 Å². The molecule has 0 radical (unpaired) electrons. The lowest BCUT2D eigenvalue weighted by molar-refractivity contribution is -0.0265. The highest BCUT2D eigenvalue weighted by Crippen LogP contribution is 2.66. The molecular weight excluding hydrogens is 635 g/mol. The molecule has 0 aromatic heterocycles. The summed E-state index contributed by atoms with van der Waals surface area (Å²) >= 11 is 0. The Morgan fingerprint density at radius 3 is 1.92 bits per heavy atom. The van der Waals surface area contributed by atoms with E-state index in [1.54, 1.807) is 5.57 Å². The first-order valence-corrected chi connectivity index (χ1v) is 18.5. The van der Waals surface area contributed by atoms with Crippen LogP contribution in [0.3, 0.4) is 0 Å². The van der Waals surface area contributed by atoms with Crippen LogP contribution in [0.25, 0.3) is 22.3 Å². The molecule has 5 aromatic rings. The second kappa shape index (κ2) is 11.5. The molecule has 4 atom stereocenters. The van der Waals surface area contributed by atoms with Crippen molar-refractivity contribution in [1.82, 2.24) is 0 Å². The van der Waals surface area contributed by atoms with E-state index in [4.69, 9.17) is 9.47 Å². The van der Waals surface area contributed by atoms with Crippen LogP contribution in [0.15, 0.2) is 204 Å². The molecule has 1 saturated heterocycles. The van der Waals surface area contributed by atoms with Crippen molar-refractivity contribution >= 4 is 11.4 Å².